The van der Waals surface area contributed by atoms with Crippen molar-refractivity contribution >= 4 is 0 Å². The SMILES string of the molecule is NCc1cc(-c2ccccc2)[nH]c1C1CC1. The van der Waals surface area contributed by atoms with Crippen LogP contribution in [0.25, 0.3) is 11.3 Å². The van der Waals surface area contributed by atoms with Crippen LogP contribution >= 0.6 is 0 Å². The highest BCUT2D eigenvalue weighted by Gasteiger charge is 2.27. The molecular weight excluding hydrogens is 196 g/mol. The number of nitrogens with one attached hydrogen (secondary N) is 1. The molecule has 3 rings (SSSR count). The monoisotopic (exact) mass is 212 g/mol. The number of nitrogens with two attached hydrogens (primary N) is 1. The van der Waals surface area contributed by atoms with Crippen molar-refractivity contribution < 1.29 is 0 Å². The van der Waals surface area contributed by atoms with Crippen molar-refractivity contribution in [2.45, 2.75) is 25.3 Å². The molecule has 1 aromatic heterocycles. The molecule has 0 aliphatic heterocycles. The van der Waals surface area contributed by atoms with Crippen LogP contribution in [0.4, 0.5) is 0 Å². The maximum Gasteiger partial charge on any atom is 0.0459 e. The molecule has 0 spiro atoms. The quantitative estimate of drug-likeness (QED) is 0.806. The number of aromatic amines is 1. The van der Waals surface area contributed by atoms with Gasteiger partial charge in [-0.1, -0.05) is 30.3 Å². The molecule has 0 atom stereocenters. The lowest BCUT2D eigenvalue weighted by molar-refractivity contribution is 0.971. The van der Waals surface area contributed by atoms with Gasteiger partial charge in [0.05, 0.1) is 0 Å². The third-order valence-corrected chi connectivity index (χ3v) is 3.22. The molecule has 1 heterocycles. The maximum atomic E-state index is 5.79. The highest BCUT2D eigenvalue weighted by atomic mass is 14.8. The first-order chi connectivity index (χ1) is 7.88. The van der Waals surface area contributed by atoms with Gasteiger partial charge in [-0.15, -0.1) is 0 Å². The Morgan fingerprint density at radius 1 is 1.19 bits per heavy atom. The van der Waals surface area contributed by atoms with Gasteiger partial charge < -0.3 is 10.7 Å². The number of benzene rings is 1. The topological polar surface area (TPSA) is 41.8 Å². The van der Waals surface area contributed by atoms with Crippen molar-refractivity contribution in [2.24, 2.45) is 5.73 Å². The van der Waals surface area contributed by atoms with Crippen LogP contribution in [-0.4, -0.2) is 4.98 Å². The molecule has 1 saturated carbocycles. The fourth-order valence-corrected chi connectivity index (χ4v) is 2.19. The third-order valence-electron chi connectivity index (χ3n) is 3.22. The van der Waals surface area contributed by atoms with Crippen LogP contribution in [0.5, 0.6) is 0 Å². The van der Waals surface area contributed by atoms with Crippen LogP contribution in [0.2, 0.25) is 0 Å². The molecule has 2 nitrogen and oxygen atoms in total. The Bertz CT molecular complexity index is 481. The molecule has 3 N–H and O–H groups in total. The number of rotatable bonds is 3. The van der Waals surface area contributed by atoms with Gasteiger partial charge in [-0.3, -0.25) is 0 Å². The van der Waals surface area contributed by atoms with Gasteiger partial charge in [0.15, 0.2) is 0 Å². The van der Waals surface area contributed by atoms with Crippen LogP contribution in [-0.2, 0) is 6.54 Å². The van der Waals surface area contributed by atoms with Gasteiger partial charge in [-0.2, -0.15) is 0 Å². The van der Waals surface area contributed by atoms with E-state index in [-0.39, 0.29) is 0 Å². The fourth-order valence-electron chi connectivity index (χ4n) is 2.19. The van der Waals surface area contributed by atoms with E-state index in [0.717, 1.165) is 5.92 Å². The lowest BCUT2D eigenvalue weighted by Crippen LogP contribution is -1.97. The lowest BCUT2D eigenvalue weighted by atomic mass is 10.1. The van der Waals surface area contributed by atoms with Gasteiger partial charge in [0.1, 0.15) is 0 Å². The number of hydrogen-bond acceptors (Lipinski definition) is 1. The highest BCUT2D eigenvalue weighted by molar-refractivity contribution is 5.61. The van der Waals surface area contributed by atoms with Crippen LogP contribution in [0.15, 0.2) is 36.4 Å². The second kappa shape index (κ2) is 3.80. The second-order valence-electron chi connectivity index (χ2n) is 4.47. The highest BCUT2D eigenvalue weighted by Crippen LogP contribution is 2.42. The van der Waals surface area contributed by atoms with Crippen molar-refractivity contribution in [1.82, 2.24) is 4.98 Å². The third kappa shape index (κ3) is 1.65. The van der Waals surface area contributed by atoms with Gasteiger partial charge in [-0.05, 0) is 36.0 Å². The minimum atomic E-state index is 0.634. The Labute approximate surface area is 95.5 Å². The Morgan fingerprint density at radius 2 is 1.94 bits per heavy atom. The molecule has 82 valence electrons. The number of aromatic nitrogens is 1. The first kappa shape index (κ1) is 9.67. The molecule has 16 heavy (non-hydrogen) atoms. The van der Waals surface area contributed by atoms with Crippen molar-refractivity contribution in [1.29, 1.82) is 0 Å². The van der Waals surface area contributed by atoms with Crippen molar-refractivity contribution in [3.63, 3.8) is 0 Å². The molecule has 0 radical (unpaired) electrons. The molecule has 2 heteroatoms. The van der Waals surface area contributed by atoms with E-state index < -0.39 is 0 Å². The average Bonchev–Trinajstić information content (AvgIpc) is 3.10. The molecule has 0 saturated heterocycles. The first-order valence-corrected chi connectivity index (χ1v) is 5.86. The van der Waals surface area contributed by atoms with Crippen LogP contribution in [0.3, 0.4) is 0 Å². The van der Waals surface area contributed by atoms with E-state index in [1.54, 1.807) is 0 Å². The predicted octanol–water partition coefficient (Wildman–Crippen LogP) is 3.02. The summed E-state index contributed by atoms with van der Waals surface area (Å²) in [6.45, 7) is 0.634. The Hall–Kier alpha value is -1.54. The smallest absolute Gasteiger partial charge is 0.0459 e. The Kier molecular flexibility index (Phi) is 2.29. The second-order valence-corrected chi connectivity index (χ2v) is 4.47. The van der Waals surface area contributed by atoms with Crippen LogP contribution < -0.4 is 5.73 Å². The van der Waals surface area contributed by atoms with E-state index >= 15 is 0 Å². The van der Waals surface area contributed by atoms with Gasteiger partial charge in [-0.25, -0.2) is 0 Å². The van der Waals surface area contributed by atoms with E-state index in [1.165, 1.54) is 35.4 Å². The van der Waals surface area contributed by atoms with E-state index in [9.17, 15) is 0 Å². The molecule has 1 fully saturated rings. The van der Waals surface area contributed by atoms with Gasteiger partial charge in [0, 0.05) is 17.9 Å². The van der Waals surface area contributed by atoms with E-state index in [1.807, 2.05) is 6.07 Å². The number of hydrogen-bond donors (Lipinski definition) is 2. The average molecular weight is 212 g/mol. The van der Waals surface area contributed by atoms with E-state index in [2.05, 4.69) is 35.3 Å². The summed E-state index contributed by atoms with van der Waals surface area (Å²) in [7, 11) is 0. The molecule has 1 aromatic carbocycles. The zero-order valence-corrected chi connectivity index (χ0v) is 9.24. The summed E-state index contributed by atoms with van der Waals surface area (Å²) in [6, 6.07) is 12.6. The Balaban J connectivity index is 2.02. The summed E-state index contributed by atoms with van der Waals surface area (Å²) in [5.41, 5.74) is 10.9. The summed E-state index contributed by atoms with van der Waals surface area (Å²) in [5, 5.41) is 0. The predicted molar refractivity (Wildman–Crippen MR) is 66.1 cm³/mol. The summed E-state index contributed by atoms with van der Waals surface area (Å²) in [6.07, 6.45) is 2.61. The van der Waals surface area contributed by atoms with Crippen LogP contribution in [0, 0.1) is 0 Å². The largest absolute Gasteiger partial charge is 0.358 e. The van der Waals surface area contributed by atoms with Crippen molar-refractivity contribution in [3.8, 4) is 11.3 Å². The summed E-state index contributed by atoms with van der Waals surface area (Å²) < 4.78 is 0. The fraction of sp³-hybridized carbons (Fsp3) is 0.286. The molecule has 0 amide bonds. The van der Waals surface area contributed by atoms with Crippen molar-refractivity contribution in [2.75, 3.05) is 0 Å². The maximum absolute atomic E-state index is 5.79. The summed E-state index contributed by atoms with van der Waals surface area (Å²) in [5.74, 6) is 0.732. The molecule has 0 unspecified atom stereocenters. The number of H-pyrrole nitrogens is 1. The van der Waals surface area contributed by atoms with Crippen LogP contribution in [0.1, 0.15) is 30.0 Å². The summed E-state index contributed by atoms with van der Waals surface area (Å²) in [4.78, 5) is 3.53. The van der Waals surface area contributed by atoms with E-state index in [0.29, 0.717) is 6.54 Å². The molecule has 2 aromatic rings. The van der Waals surface area contributed by atoms with Crippen molar-refractivity contribution in [3.05, 3.63) is 47.7 Å². The van der Waals surface area contributed by atoms with Gasteiger partial charge in [0.2, 0.25) is 0 Å². The summed E-state index contributed by atoms with van der Waals surface area (Å²) >= 11 is 0. The zero-order chi connectivity index (χ0) is 11.0. The first-order valence-electron chi connectivity index (χ1n) is 5.86. The minimum Gasteiger partial charge on any atom is -0.358 e. The normalized spacial score (nSPS) is 15.3. The minimum absolute atomic E-state index is 0.634. The standard InChI is InChI=1S/C14H16N2/c15-9-12-8-13(10-4-2-1-3-5-10)16-14(12)11-6-7-11/h1-5,8,11,16H,6-7,9,15H2. The Morgan fingerprint density at radius 3 is 2.56 bits per heavy atom. The lowest BCUT2D eigenvalue weighted by Gasteiger charge is -1.97. The van der Waals surface area contributed by atoms with E-state index in [4.69, 9.17) is 5.73 Å². The molecule has 1 aliphatic carbocycles. The van der Waals surface area contributed by atoms with Gasteiger partial charge >= 0.3 is 0 Å². The zero-order valence-electron chi connectivity index (χ0n) is 9.24. The molecule has 0 bridgehead atoms. The molecule has 1 aliphatic rings. The molecular formula is C14H16N2. The van der Waals surface area contributed by atoms with Gasteiger partial charge in [0.25, 0.3) is 0 Å².